The maximum absolute atomic E-state index is 13.2. The summed E-state index contributed by atoms with van der Waals surface area (Å²) in [4.78, 5) is 11.5. The van der Waals surface area contributed by atoms with Crippen LogP contribution < -0.4 is 5.32 Å². The molecule has 2 rings (SSSR count). The molecule has 0 atom stereocenters. The van der Waals surface area contributed by atoms with Gasteiger partial charge in [0.15, 0.2) is 5.76 Å². The normalized spacial score (nSPS) is 10.8. The lowest BCUT2D eigenvalue weighted by atomic mass is 10.3. The van der Waals surface area contributed by atoms with Crippen LogP contribution in [0.1, 0.15) is 10.6 Å². The van der Waals surface area contributed by atoms with E-state index in [1.165, 1.54) is 30.7 Å². The molecule has 0 unspecified atom stereocenters. The molecule has 0 spiro atoms. The number of halogens is 2. The molecule has 5 heteroatoms. The smallest absolute Gasteiger partial charge is 0.222 e. The molecule has 0 aliphatic rings. The molecular formula is C13H9F2NO2. The predicted octanol–water partition coefficient (Wildman–Crippen LogP) is 3.37. The second-order valence-electron chi connectivity index (χ2n) is 3.44. The topological polar surface area (TPSA) is 42.2 Å². The summed E-state index contributed by atoms with van der Waals surface area (Å²) in [5, 5.41) is 2.55. The molecule has 1 N–H and O–H groups in total. The third kappa shape index (κ3) is 2.82. The molecule has 0 radical (unpaired) electrons. The molecule has 18 heavy (non-hydrogen) atoms. The molecule has 92 valence electrons. The number of nitrogens with one attached hydrogen (secondary N) is 1. The zero-order valence-corrected chi connectivity index (χ0v) is 9.19. The van der Waals surface area contributed by atoms with Crippen molar-refractivity contribution in [2.75, 3.05) is 5.32 Å². The van der Waals surface area contributed by atoms with Crippen molar-refractivity contribution >= 4 is 11.5 Å². The Labute approximate surface area is 102 Å². The highest BCUT2D eigenvalue weighted by Gasteiger charge is 2.04. The molecule has 1 aromatic heterocycles. The van der Waals surface area contributed by atoms with Crippen LogP contribution in [0.3, 0.4) is 0 Å². The first-order valence-corrected chi connectivity index (χ1v) is 5.13. The number of carbonyl (C=O) groups is 1. The SMILES string of the molecule is O=C(C=CNc1ccc(F)cc1F)c1ccco1. The Balaban J connectivity index is 2.01. The van der Waals surface area contributed by atoms with Crippen molar-refractivity contribution in [1.29, 1.82) is 0 Å². The predicted molar refractivity (Wildman–Crippen MR) is 62.2 cm³/mol. The summed E-state index contributed by atoms with van der Waals surface area (Å²) < 4.78 is 30.7. The molecule has 0 saturated heterocycles. The number of furan rings is 1. The molecule has 3 nitrogen and oxygen atoms in total. The van der Waals surface area contributed by atoms with Gasteiger partial charge in [-0.25, -0.2) is 8.78 Å². The van der Waals surface area contributed by atoms with E-state index in [9.17, 15) is 13.6 Å². The van der Waals surface area contributed by atoms with E-state index in [1.54, 1.807) is 6.07 Å². The first-order valence-electron chi connectivity index (χ1n) is 5.13. The molecule has 2 aromatic rings. The van der Waals surface area contributed by atoms with Crippen LogP contribution in [0.4, 0.5) is 14.5 Å². The second kappa shape index (κ2) is 5.27. The van der Waals surface area contributed by atoms with Crippen molar-refractivity contribution in [3.8, 4) is 0 Å². The minimum Gasteiger partial charge on any atom is -0.461 e. The fraction of sp³-hybridized carbons (Fsp3) is 0. The fourth-order valence-corrected chi connectivity index (χ4v) is 1.31. The first-order chi connectivity index (χ1) is 8.66. The van der Waals surface area contributed by atoms with Crippen LogP contribution in [0.25, 0.3) is 0 Å². The molecule has 1 heterocycles. The Kier molecular flexibility index (Phi) is 3.52. The highest BCUT2D eigenvalue weighted by molar-refractivity contribution is 6.02. The van der Waals surface area contributed by atoms with Crippen molar-refractivity contribution in [3.63, 3.8) is 0 Å². The van der Waals surface area contributed by atoms with Gasteiger partial charge in [0.1, 0.15) is 11.6 Å². The average molecular weight is 249 g/mol. The van der Waals surface area contributed by atoms with Crippen molar-refractivity contribution in [2.45, 2.75) is 0 Å². The van der Waals surface area contributed by atoms with Crippen LogP contribution in [-0.2, 0) is 0 Å². The number of anilines is 1. The second-order valence-corrected chi connectivity index (χ2v) is 3.44. The van der Waals surface area contributed by atoms with Gasteiger partial charge in [0, 0.05) is 18.3 Å². The number of carbonyl (C=O) groups excluding carboxylic acids is 1. The third-order valence-corrected chi connectivity index (χ3v) is 2.17. The Hall–Kier alpha value is -2.43. The maximum Gasteiger partial charge on any atom is 0.222 e. The van der Waals surface area contributed by atoms with E-state index in [1.807, 2.05) is 0 Å². The van der Waals surface area contributed by atoms with Gasteiger partial charge >= 0.3 is 0 Å². The van der Waals surface area contributed by atoms with Crippen molar-refractivity contribution < 1.29 is 18.0 Å². The van der Waals surface area contributed by atoms with Crippen LogP contribution >= 0.6 is 0 Å². The van der Waals surface area contributed by atoms with Gasteiger partial charge in [-0.3, -0.25) is 4.79 Å². The standard InChI is InChI=1S/C13H9F2NO2/c14-9-3-4-11(10(15)8-9)16-6-5-12(17)13-2-1-7-18-13/h1-8,16H. The van der Waals surface area contributed by atoms with Gasteiger partial charge in [0.25, 0.3) is 0 Å². The number of hydrogen-bond acceptors (Lipinski definition) is 3. The lowest BCUT2D eigenvalue weighted by Gasteiger charge is -2.01. The largest absolute Gasteiger partial charge is 0.461 e. The van der Waals surface area contributed by atoms with E-state index in [0.717, 1.165) is 12.1 Å². The molecule has 0 amide bonds. The Morgan fingerprint density at radius 1 is 1.28 bits per heavy atom. The van der Waals surface area contributed by atoms with Gasteiger partial charge < -0.3 is 9.73 Å². The number of benzene rings is 1. The summed E-state index contributed by atoms with van der Waals surface area (Å²) in [7, 11) is 0. The summed E-state index contributed by atoms with van der Waals surface area (Å²) in [6.07, 6.45) is 3.84. The number of rotatable bonds is 4. The molecule has 0 saturated carbocycles. The van der Waals surface area contributed by atoms with Gasteiger partial charge in [-0.1, -0.05) is 0 Å². The summed E-state index contributed by atoms with van der Waals surface area (Å²) in [5.74, 6) is -1.55. The van der Waals surface area contributed by atoms with E-state index in [2.05, 4.69) is 5.32 Å². The zero-order valence-electron chi connectivity index (χ0n) is 9.19. The Morgan fingerprint density at radius 3 is 2.78 bits per heavy atom. The van der Waals surface area contributed by atoms with E-state index in [4.69, 9.17) is 4.42 Å². The zero-order chi connectivity index (χ0) is 13.0. The van der Waals surface area contributed by atoms with Gasteiger partial charge in [0.2, 0.25) is 5.78 Å². The monoisotopic (exact) mass is 249 g/mol. The van der Waals surface area contributed by atoms with E-state index in [-0.39, 0.29) is 17.2 Å². The highest BCUT2D eigenvalue weighted by Crippen LogP contribution is 2.14. The molecular weight excluding hydrogens is 240 g/mol. The highest BCUT2D eigenvalue weighted by atomic mass is 19.1. The number of ketones is 1. The maximum atomic E-state index is 13.2. The van der Waals surface area contributed by atoms with Crippen LogP contribution in [0.5, 0.6) is 0 Å². The van der Waals surface area contributed by atoms with E-state index < -0.39 is 11.6 Å². The molecule has 0 fully saturated rings. The van der Waals surface area contributed by atoms with Gasteiger partial charge in [0.05, 0.1) is 12.0 Å². The minimum absolute atomic E-state index is 0.0832. The average Bonchev–Trinajstić information content (AvgIpc) is 2.85. The lowest BCUT2D eigenvalue weighted by Crippen LogP contribution is -1.96. The molecule has 0 aliphatic heterocycles. The lowest BCUT2D eigenvalue weighted by molar-refractivity contribution is 0.102. The van der Waals surface area contributed by atoms with Gasteiger partial charge in [-0.2, -0.15) is 0 Å². The summed E-state index contributed by atoms with van der Waals surface area (Å²) in [6.45, 7) is 0. The van der Waals surface area contributed by atoms with Gasteiger partial charge in [-0.05, 0) is 24.3 Å². The van der Waals surface area contributed by atoms with Crippen molar-refractivity contribution in [1.82, 2.24) is 0 Å². The summed E-state index contributed by atoms with van der Waals surface area (Å²) >= 11 is 0. The molecule has 0 bridgehead atoms. The van der Waals surface area contributed by atoms with Crippen LogP contribution in [0, 0.1) is 11.6 Å². The quantitative estimate of drug-likeness (QED) is 0.667. The summed E-state index contributed by atoms with van der Waals surface area (Å²) in [5.41, 5.74) is 0.0832. The number of allylic oxidation sites excluding steroid dienone is 1. The first kappa shape index (κ1) is 12.0. The summed E-state index contributed by atoms with van der Waals surface area (Å²) in [6, 6.07) is 6.23. The molecule has 0 aliphatic carbocycles. The van der Waals surface area contributed by atoms with Crippen molar-refractivity contribution in [3.05, 3.63) is 66.3 Å². The van der Waals surface area contributed by atoms with Gasteiger partial charge in [-0.15, -0.1) is 0 Å². The number of hydrogen-bond donors (Lipinski definition) is 1. The van der Waals surface area contributed by atoms with Crippen LogP contribution in [-0.4, -0.2) is 5.78 Å². The Bertz CT molecular complexity index is 577. The minimum atomic E-state index is -0.731. The Morgan fingerprint density at radius 2 is 2.11 bits per heavy atom. The van der Waals surface area contributed by atoms with Crippen LogP contribution in [0.2, 0.25) is 0 Å². The third-order valence-electron chi connectivity index (χ3n) is 2.17. The van der Waals surface area contributed by atoms with E-state index in [0.29, 0.717) is 0 Å². The fourth-order valence-electron chi connectivity index (χ4n) is 1.31. The molecule has 1 aromatic carbocycles. The van der Waals surface area contributed by atoms with E-state index >= 15 is 0 Å². The van der Waals surface area contributed by atoms with Crippen LogP contribution in [0.15, 0.2) is 53.3 Å². The van der Waals surface area contributed by atoms with Crippen molar-refractivity contribution in [2.24, 2.45) is 0 Å².